The number of nitrogens with one attached hydrogen (secondary N) is 1. The minimum absolute atomic E-state index is 0.0104. The van der Waals surface area contributed by atoms with Gasteiger partial charge in [0, 0.05) is 12.0 Å². The van der Waals surface area contributed by atoms with Crippen LogP contribution >= 0.6 is 0 Å². The van der Waals surface area contributed by atoms with Gasteiger partial charge in [0.1, 0.15) is 5.54 Å². The number of carbonyl (C=O) groups excluding carboxylic acids is 1. The molecule has 3 aliphatic rings. The third-order valence-electron chi connectivity index (χ3n) is 5.73. The molecule has 0 bridgehead atoms. The molecule has 0 radical (unpaired) electrons. The van der Waals surface area contributed by atoms with Gasteiger partial charge in [-0.1, -0.05) is 19.3 Å². The second-order valence-corrected chi connectivity index (χ2v) is 7.13. The molecule has 1 saturated heterocycles. The van der Waals surface area contributed by atoms with Crippen molar-refractivity contribution in [2.24, 2.45) is 5.41 Å². The number of carbonyl (C=O) groups is 1. The van der Waals surface area contributed by atoms with E-state index in [2.05, 4.69) is 10.2 Å². The highest BCUT2D eigenvalue weighted by Gasteiger charge is 2.47. The second-order valence-electron chi connectivity index (χ2n) is 7.13. The van der Waals surface area contributed by atoms with Crippen molar-refractivity contribution in [3.8, 4) is 0 Å². The first kappa shape index (κ1) is 14.3. The summed E-state index contributed by atoms with van der Waals surface area (Å²) in [6.45, 7) is 3.04. The number of nitrogens with zero attached hydrogens (tertiary/aromatic N) is 1. The Labute approximate surface area is 121 Å². The Hall–Kier alpha value is -0.610. The maximum atomic E-state index is 12.9. The third kappa shape index (κ3) is 2.60. The van der Waals surface area contributed by atoms with E-state index in [4.69, 9.17) is 0 Å². The van der Waals surface area contributed by atoms with Crippen LogP contribution in [-0.2, 0) is 4.79 Å². The van der Waals surface area contributed by atoms with Gasteiger partial charge in [-0.15, -0.1) is 0 Å². The zero-order valence-electron chi connectivity index (χ0n) is 12.5. The Morgan fingerprint density at radius 3 is 2.20 bits per heavy atom. The summed E-state index contributed by atoms with van der Waals surface area (Å²) in [4.78, 5) is 15.3. The molecule has 0 spiro atoms. The van der Waals surface area contributed by atoms with Gasteiger partial charge in [0.05, 0.1) is 6.61 Å². The molecule has 2 saturated carbocycles. The number of rotatable bonds is 5. The van der Waals surface area contributed by atoms with Gasteiger partial charge >= 0.3 is 0 Å². The summed E-state index contributed by atoms with van der Waals surface area (Å²) in [7, 11) is 0. The number of hydrogen-bond acceptors (Lipinski definition) is 3. The SMILES string of the molecule is O=C(NCC1(CO)CC1)C1(N2CCCC2)CCCCC1. The molecule has 4 heteroatoms. The Balaban J connectivity index is 1.66. The van der Waals surface area contributed by atoms with E-state index >= 15 is 0 Å². The number of amides is 1. The molecule has 0 atom stereocenters. The van der Waals surface area contributed by atoms with E-state index in [0.717, 1.165) is 38.8 Å². The zero-order valence-corrected chi connectivity index (χ0v) is 12.5. The maximum absolute atomic E-state index is 12.9. The third-order valence-corrected chi connectivity index (χ3v) is 5.73. The smallest absolute Gasteiger partial charge is 0.240 e. The van der Waals surface area contributed by atoms with Crippen molar-refractivity contribution in [2.75, 3.05) is 26.2 Å². The van der Waals surface area contributed by atoms with E-state index in [-0.39, 0.29) is 23.5 Å². The monoisotopic (exact) mass is 280 g/mol. The minimum atomic E-state index is -0.236. The van der Waals surface area contributed by atoms with Crippen molar-refractivity contribution >= 4 is 5.91 Å². The standard InChI is InChI=1S/C16H28N2O2/c19-13-15(8-9-15)12-17-14(20)16(6-2-1-3-7-16)18-10-4-5-11-18/h19H,1-13H2,(H,17,20). The fourth-order valence-electron chi connectivity index (χ4n) is 3.97. The lowest BCUT2D eigenvalue weighted by molar-refractivity contribution is -0.135. The summed E-state index contributed by atoms with van der Waals surface area (Å²) >= 11 is 0. The normalized spacial score (nSPS) is 28.2. The van der Waals surface area contributed by atoms with Crippen molar-refractivity contribution in [3.05, 3.63) is 0 Å². The molecular weight excluding hydrogens is 252 g/mol. The minimum Gasteiger partial charge on any atom is -0.396 e. The van der Waals surface area contributed by atoms with Crippen molar-refractivity contribution in [1.29, 1.82) is 0 Å². The molecule has 2 N–H and O–H groups in total. The Kier molecular flexibility index (Phi) is 4.04. The van der Waals surface area contributed by atoms with Crippen LogP contribution in [0.1, 0.15) is 57.8 Å². The van der Waals surface area contributed by atoms with Crippen LogP contribution in [-0.4, -0.2) is 47.7 Å². The van der Waals surface area contributed by atoms with E-state index in [1.54, 1.807) is 0 Å². The molecule has 1 amide bonds. The van der Waals surface area contributed by atoms with E-state index in [0.29, 0.717) is 6.54 Å². The van der Waals surface area contributed by atoms with E-state index in [1.165, 1.54) is 32.1 Å². The average Bonchev–Trinajstić information content (AvgIpc) is 3.07. The van der Waals surface area contributed by atoms with E-state index in [9.17, 15) is 9.90 Å². The summed E-state index contributed by atoms with van der Waals surface area (Å²) in [5.41, 5.74) is -0.225. The number of aliphatic hydroxyl groups excluding tert-OH is 1. The molecule has 0 aromatic rings. The van der Waals surface area contributed by atoms with Gasteiger partial charge in [-0.25, -0.2) is 0 Å². The topological polar surface area (TPSA) is 52.6 Å². The molecule has 0 aromatic heterocycles. The number of likely N-dealkylation sites (tertiary alicyclic amines) is 1. The molecule has 114 valence electrons. The van der Waals surface area contributed by atoms with Crippen LogP contribution in [0.4, 0.5) is 0 Å². The molecule has 1 heterocycles. The summed E-state index contributed by atoms with van der Waals surface area (Å²) in [5, 5.41) is 12.6. The molecule has 1 aliphatic heterocycles. The first-order chi connectivity index (χ1) is 9.71. The molecular formula is C16H28N2O2. The van der Waals surface area contributed by atoms with E-state index in [1.807, 2.05) is 0 Å². The van der Waals surface area contributed by atoms with Gasteiger partial charge < -0.3 is 10.4 Å². The second kappa shape index (κ2) is 5.64. The molecule has 0 aromatic carbocycles. The predicted molar refractivity (Wildman–Crippen MR) is 78.4 cm³/mol. The zero-order chi connectivity index (χ0) is 14.1. The highest BCUT2D eigenvalue weighted by Crippen LogP contribution is 2.44. The first-order valence-electron chi connectivity index (χ1n) is 8.35. The fraction of sp³-hybridized carbons (Fsp3) is 0.938. The van der Waals surface area contributed by atoms with Crippen molar-refractivity contribution < 1.29 is 9.90 Å². The summed E-state index contributed by atoms with van der Waals surface area (Å²) in [6, 6.07) is 0. The summed E-state index contributed by atoms with van der Waals surface area (Å²) in [5.74, 6) is 0.235. The van der Waals surface area contributed by atoms with E-state index < -0.39 is 0 Å². The van der Waals surface area contributed by atoms with Gasteiger partial charge in [0.2, 0.25) is 5.91 Å². The van der Waals surface area contributed by atoms with Crippen LogP contribution in [0.2, 0.25) is 0 Å². The lowest BCUT2D eigenvalue weighted by atomic mass is 9.79. The molecule has 3 rings (SSSR count). The van der Waals surface area contributed by atoms with Gasteiger partial charge in [-0.3, -0.25) is 9.69 Å². The molecule has 20 heavy (non-hydrogen) atoms. The van der Waals surface area contributed by atoms with Crippen LogP contribution in [0.3, 0.4) is 0 Å². The van der Waals surface area contributed by atoms with Gasteiger partial charge in [-0.2, -0.15) is 0 Å². The Morgan fingerprint density at radius 2 is 1.65 bits per heavy atom. The number of aliphatic hydroxyl groups is 1. The van der Waals surface area contributed by atoms with Crippen LogP contribution in [0.5, 0.6) is 0 Å². The van der Waals surface area contributed by atoms with Crippen LogP contribution < -0.4 is 5.32 Å². The first-order valence-corrected chi connectivity index (χ1v) is 8.35. The van der Waals surface area contributed by atoms with Gasteiger partial charge in [0.15, 0.2) is 0 Å². The fourth-order valence-corrected chi connectivity index (χ4v) is 3.97. The maximum Gasteiger partial charge on any atom is 0.240 e. The quantitative estimate of drug-likeness (QED) is 0.805. The predicted octanol–water partition coefficient (Wildman–Crippen LogP) is 1.67. The van der Waals surface area contributed by atoms with Crippen molar-refractivity contribution in [3.63, 3.8) is 0 Å². The molecule has 3 fully saturated rings. The summed E-state index contributed by atoms with van der Waals surface area (Å²) in [6.07, 6.45) is 10.2. The van der Waals surface area contributed by atoms with Gasteiger partial charge in [0.25, 0.3) is 0 Å². The van der Waals surface area contributed by atoms with Crippen LogP contribution in [0.25, 0.3) is 0 Å². The molecule has 4 nitrogen and oxygen atoms in total. The van der Waals surface area contributed by atoms with Crippen molar-refractivity contribution in [1.82, 2.24) is 10.2 Å². The van der Waals surface area contributed by atoms with Crippen molar-refractivity contribution in [2.45, 2.75) is 63.3 Å². The Bertz CT molecular complexity index is 353. The molecule has 2 aliphatic carbocycles. The van der Waals surface area contributed by atoms with Gasteiger partial charge in [-0.05, 0) is 51.6 Å². The lowest BCUT2D eigenvalue weighted by Gasteiger charge is -2.43. The highest BCUT2D eigenvalue weighted by molar-refractivity contribution is 5.86. The lowest BCUT2D eigenvalue weighted by Crippen LogP contribution is -2.59. The van der Waals surface area contributed by atoms with Crippen LogP contribution in [0.15, 0.2) is 0 Å². The number of hydrogen-bond donors (Lipinski definition) is 2. The average molecular weight is 280 g/mol. The van der Waals surface area contributed by atoms with Crippen LogP contribution in [0, 0.1) is 5.41 Å². The largest absolute Gasteiger partial charge is 0.396 e. The highest BCUT2D eigenvalue weighted by atomic mass is 16.3. The Morgan fingerprint density at radius 1 is 1.00 bits per heavy atom. The molecule has 0 unspecified atom stereocenters. The summed E-state index contributed by atoms with van der Waals surface area (Å²) < 4.78 is 0.